The molecule has 26 heavy (non-hydrogen) atoms. The minimum Gasteiger partial charge on any atom is -0.414 e. The third kappa shape index (κ3) is 4.38. The molecule has 3 rings (SSSR count). The van der Waals surface area contributed by atoms with Crippen molar-refractivity contribution in [3.8, 4) is 0 Å². The van der Waals surface area contributed by atoms with Crippen LogP contribution in [-0.4, -0.2) is 31.6 Å². The highest BCUT2D eigenvalue weighted by atomic mass is 35.5. The molecule has 0 aliphatic rings. The molecule has 1 aromatic carbocycles. The number of aryl methyl sites for hydroxylation is 1. The van der Waals surface area contributed by atoms with Gasteiger partial charge in [-0.25, -0.2) is 0 Å². The Morgan fingerprint density at radius 2 is 2.04 bits per heavy atom. The summed E-state index contributed by atoms with van der Waals surface area (Å²) in [5, 5.41) is 16.0. The number of nitrogens with one attached hydrogen (secondary N) is 1. The number of carbonyl (C=O) groups excluding carboxylic acids is 1. The van der Waals surface area contributed by atoms with Crippen molar-refractivity contribution in [3.05, 3.63) is 52.1 Å². The van der Waals surface area contributed by atoms with Gasteiger partial charge in [-0.1, -0.05) is 41.0 Å². The van der Waals surface area contributed by atoms with Crippen LogP contribution in [0.15, 0.2) is 40.1 Å². The zero-order chi connectivity index (χ0) is 18.7. The van der Waals surface area contributed by atoms with E-state index in [0.717, 1.165) is 17.5 Å². The van der Waals surface area contributed by atoms with E-state index in [1.165, 1.54) is 0 Å². The van der Waals surface area contributed by atoms with E-state index >= 15 is 0 Å². The Hall–Kier alpha value is -2.03. The van der Waals surface area contributed by atoms with Gasteiger partial charge in [-0.05, 0) is 32.0 Å². The number of hydrogen-bond acceptors (Lipinski definition) is 6. The van der Waals surface area contributed by atoms with Crippen molar-refractivity contribution in [2.24, 2.45) is 0 Å². The van der Waals surface area contributed by atoms with Crippen molar-refractivity contribution in [2.75, 3.05) is 11.1 Å². The SMILES string of the molecule is Cc1ccn(C(C)c2nnc(SCC(=O)Nc3c(Cl)cccc3Cl)o2)n1. The minimum atomic E-state index is -0.277. The first-order valence-electron chi connectivity index (χ1n) is 7.66. The maximum atomic E-state index is 12.1. The van der Waals surface area contributed by atoms with E-state index < -0.39 is 0 Å². The maximum Gasteiger partial charge on any atom is 0.277 e. The van der Waals surface area contributed by atoms with Crippen molar-refractivity contribution in [1.29, 1.82) is 0 Å². The fourth-order valence-corrected chi connectivity index (χ4v) is 3.19. The maximum absolute atomic E-state index is 12.1. The molecule has 0 fully saturated rings. The van der Waals surface area contributed by atoms with E-state index in [2.05, 4.69) is 20.6 Å². The first kappa shape index (κ1) is 18.8. The van der Waals surface area contributed by atoms with Gasteiger partial charge >= 0.3 is 0 Å². The first-order chi connectivity index (χ1) is 12.4. The molecule has 1 unspecified atom stereocenters. The lowest BCUT2D eigenvalue weighted by Crippen LogP contribution is -2.14. The third-order valence-electron chi connectivity index (χ3n) is 3.47. The number of carbonyl (C=O) groups is 1. The van der Waals surface area contributed by atoms with Gasteiger partial charge in [-0.15, -0.1) is 10.2 Å². The van der Waals surface area contributed by atoms with Crippen molar-refractivity contribution in [3.63, 3.8) is 0 Å². The third-order valence-corrected chi connectivity index (χ3v) is 4.92. The summed E-state index contributed by atoms with van der Waals surface area (Å²) in [6, 6.07) is 6.71. The Morgan fingerprint density at radius 1 is 1.31 bits per heavy atom. The lowest BCUT2D eigenvalue weighted by molar-refractivity contribution is -0.113. The second kappa shape index (κ2) is 8.11. The number of amides is 1. The molecule has 2 aromatic heterocycles. The summed E-state index contributed by atoms with van der Waals surface area (Å²) in [4.78, 5) is 12.1. The van der Waals surface area contributed by atoms with Crippen molar-refractivity contribution >= 4 is 46.6 Å². The monoisotopic (exact) mass is 411 g/mol. The van der Waals surface area contributed by atoms with E-state index in [1.54, 1.807) is 22.9 Å². The Kier molecular flexibility index (Phi) is 5.85. The molecule has 0 radical (unpaired) electrons. The standard InChI is InChI=1S/C16H15Cl2N5O2S/c1-9-6-7-23(22-9)10(2)15-20-21-16(25-15)26-8-13(24)19-14-11(17)4-3-5-12(14)18/h3-7,10H,8H2,1-2H3,(H,19,24). The highest BCUT2D eigenvalue weighted by Crippen LogP contribution is 2.30. The normalized spacial score (nSPS) is 12.2. The van der Waals surface area contributed by atoms with Gasteiger partial charge in [-0.3, -0.25) is 9.48 Å². The number of para-hydroxylation sites is 1. The van der Waals surface area contributed by atoms with Crippen LogP contribution >= 0.6 is 35.0 Å². The van der Waals surface area contributed by atoms with E-state index in [0.29, 0.717) is 26.8 Å². The van der Waals surface area contributed by atoms with Crippen LogP contribution in [0.4, 0.5) is 5.69 Å². The van der Waals surface area contributed by atoms with Gasteiger partial charge < -0.3 is 9.73 Å². The zero-order valence-corrected chi connectivity index (χ0v) is 16.3. The molecule has 0 saturated carbocycles. The molecule has 1 N–H and O–H groups in total. The van der Waals surface area contributed by atoms with Crippen LogP contribution in [0.1, 0.15) is 24.6 Å². The molecule has 136 valence electrons. The Labute approximate surface area is 164 Å². The van der Waals surface area contributed by atoms with Gasteiger partial charge in [-0.2, -0.15) is 5.10 Å². The smallest absolute Gasteiger partial charge is 0.277 e. The summed E-state index contributed by atoms with van der Waals surface area (Å²) < 4.78 is 7.34. The molecule has 0 aliphatic heterocycles. The summed E-state index contributed by atoms with van der Waals surface area (Å²) in [6.07, 6.45) is 1.85. The van der Waals surface area contributed by atoms with Crippen LogP contribution in [-0.2, 0) is 4.79 Å². The highest BCUT2D eigenvalue weighted by Gasteiger charge is 2.18. The number of benzene rings is 1. The molecular weight excluding hydrogens is 397 g/mol. The summed E-state index contributed by atoms with van der Waals surface area (Å²) in [5.74, 6) is 0.226. The van der Waals surface area contributed by atoms with Crippen molar-refractivity contribution in [1.82, 2.24) is 20.0 Å². The molecule has 2 heterocycles. The number of nitrogens with zero attached hydrogens (tertiary/aromatic N) is 4. The van der Waals surface area contributed by atoms with Gasteiger partial charge in [0, 0.05) is 6.20 Å². The van der Waals surface area contributed by atoms with Gasteiger partial charge in [0.25, 0.3) is 5.22 Å². The predicted molar refractivity (Wildman–Crippen MR) is 101 cm³/mol. The number of hydrogen-bond donors (Lipinski definition) is 1. The molecule has 0 aliphatic carbocycles. The number of rotatable bonds is 6. The largest absolute Gasteiger partial charge is 0.414 e. The quantitative estimate of drug-likeness (QED) is 0.610. The van der Waals surface area contributed by atoms with E-state index in [4.69, 9.17) is 27.6 Å². The molecular formula is C16H15Cl2N5O2S. The first-order valence-corrected chi connectivity index (χ1v) is 9.40. The second-order valence-corrected chi connectivity index (χ2v) is 7.19. The van der Waals surface area contributed by atoms with Crippen LogP contribution in [0, 0.1) is 6.92 Å². The molecule has 1 amide bonds. The topological polar surface area (TPSA) is 85.8 Å². The van der Waals surface area contributed by atoms with Crippen LogP contribution in [0.3, 0.4) is 0 Å². The van der Waals surface area contributed by atoms with E-state index in [-0.39, 0.29) is 17.7 Å². The molecule has 0 saturated heterocycles. The summed E-state index contributed by atoms with van der Waals surface area (Å²) in [7, 11) is 0. The predicted octanol–water partition coefficient (Wildman–Crippen LogP) is 4.22. The van der Waals surface area contributed by atoms with Gasteiger partial charge in [0.1, 0.15) is 6.04 Å². The lowest BCUT2D eigenvalue weighted by atomic mass is 10.3. The van der Waals surface area contributed by atoms with Crippen LogP contribution in [0.25, 0.3) is 0 Å². The number of aromatic nitrogens is 4. The van der Waals surface area contributed by atoms with Crippen LogP contribution in [0.2, 0.25) is 10.0 Å². The molecule has 1 atom stereocenters. The Morgan fingerprint density at radius 3 is 2.69 bits per heavy atom. The van der Waals surface area contributed by atoms with Crippen molar-refractivity contribution < 1.29 is 9.21 Å². The second-order valence-electron chi connectivity index (χ2n) is 5.45. The molecule has 10 heteroatoms. The Balaban J connectivity index is 1.58. The highest BCUT2D eigenvalue weighted by molar-refractivity contribution is 7.99. The Bertz CT molecular complexity index is 907. The fraction of sp³-hybridized carbons (Fsp3) is 0.250. The van der Waals surface area contributed by atoms with Crippen LogP contribution < -0.4 is 5.32 Å². The van der Waals surface area contributed by atoms with Crippen molar-refractivity contribution in [2.45, 2.75) is 25.1 Å². The summed E-state index contributed by atoms with van der Waals surface area (Å²) in [5.41, 5.74) is 1.29. The fourth-order valence-electron chi connectivity index (χ4n) is 2.13. The minimum absolute atomic E-state index is 0.0818. The van der Waals surface area contributed by atoms with E-state index in [1.807, 2.05) is 26.1 Å². The van der Waals surface area contributed by atoms with Gasteiger partial charge in [0.2, 0.25) is 11.8 Å². The average molecular weight is 412 g/mol. The molecule has 0 spiro atoms. The molecule has 3 aromatic rings. The molecule has 0 bridgehead atoms. The van der Waals surface area contributed by atoms with Gasteiger partial charge in [0.15, 0.2) is 0 Å². The number of halogens is 2. The molecule has 7 nitrogen and oxygen atoms in total. The summed E-state index contributed by atoms with van der Waals surface area (Å²) in [6.45, 7) is 3.81. The summed E-state index contributed by atoms with van der Waals surface area (Å²) >= 11 is 13.2. The zero-order valence-electron chi connectivity index (χ0n) is 13.9. The van der Waals surface area contributed by atoms with E-state index in [9.17, 15) is 4.79 Å². The van der Waals surface area contributed by atoms with Gasteiger partial charge in [0.05, 0.1) is 27.2 Å². The average Bonchev–Trinajstić information content (AvgIpc) is 3.25. The van der Waals surface area contributed by atoms with Crippen LogP contribution in [0.5, 0.6) is 0 Å². The number of anilines is 1. The lowest BCUT2D eigenvalue weighted by Gasteiger charge is -2.08. The number of thioether (sulfide) groups is 1.